The van der Waals surface area contributed by atoms with Gasteiger partial charge < -0.3 is 15.3 Å². The number of nitrogens with one attached hydrogen (secondary N) is 1. The van der Waals surface area contributed by atoms with E-state index in [1.54, 1.807) is 19.2 Å². The minimum absolute atomic E-state index is 0. The molecule has 130 valence electrons. The van der Waals surface area contributed by atoms with E-state index in [-0.39, 0.29) is 41.8 Å². The fraction of sp³-hybridized carbons (Fsp3) is 0.562. The highest BCUT2D eigenvalue weighted by molar-refractivity contribution is 14.0. The van der Waals surface area contributed by atoms with Crippen LogP contribution >= 0.6 is 35.6 Å². The summed E-state index contributed by atoms with van der Waals surface area (Å²) in [5.41, 5.74) is 0.454. The molecule has 0 radical (unpaired) electrons. The fourth-order valence-corrected chi connectivity index (χ4v) is 3.08. The lowest BCUT2D eigenvalue weighted by molar-refractivity contribution is 0.134. The second kappa shape index (κ2) is 9.64. The van der Waals surface area contributed by atoms with E-state index >= 15 is 0 Å². The van der Waals surface area contributed by atoms with Gasteiger partial charge in [0.05, 0.1) is 6.10 Å². The van der Waals surface area contributed by atoms with Gasteiger partial charge in [-0.2, -0.15) is 0 Å². The minimum Gasteiger partial charge on any atom is -0.393 e. The summed E-state index contributed by atoms with van der Waals surface area (Å²) in [6, 6.07) is 4.68. The summed E-state index contributed by atoms with van der Waals surface area (Å²) in [4.78, 5) is 6.04. The lowest BCUT2D eigenvalue weighted by Gasteiger charge is -2.25. The average Bonchev–Trinajstić information content (AvgIpc) is 2.89. The maximum absolute atomic E-state index is 13.9. The van der Waals surface area contributed by atoms with Gasteiger partial charge in [0.25, 0.3) is 0 Å². The third kappa shape index (κ3) is 5.46. The largest absolute Gasteiger partial charge is 0.393 e. The molecule has 1 saturated carbocycles. The Morgan fingerprint density at radius 3 is 2.78 bits per heavy atom. The number of guanidine groups is 1. The molecule has 1 aliphatic carbocycles. The Hall–Kier alpha value is -0.600. The first-order valence-electron chi connectivity index (χ1n) is 7.55. The van der Waals surface area contributed by atoms with Crippen LogP contribution in [-0.2, 0) is 6.54 Å². The van der Waals surface area contributed by atoms with Crippen molar-refractivity contribution >= 4 is 41.5 Å². The van der Waals surface area contributed by atoms with Crippen molar-refractivity contribution in [3.8, 4) is 0 Å². The highest BCUT2D eigenvalue weighted by Gasteiger charge is 2.25. The molecule has 1 fully saturated rings. The Morgan fingerprint density at radius 1 is 1.48 bits per heavy atom. The number of aliphatic hydroxyl groups excluding tert-OH is 1. The van der Waals surface area contributed by atoms with Crippen LogP contribution in [0.2, 0.25) is 5.02 Å². The van der Waals surface area contributed by atoms with E-state index in [0.717, 1.165) is 19.3 Å². The van der Waals surface area contributed by atoms with Crippen molar-refractivity contribution in [2.45, 2.75) is 31.9 Å². The van der Waals surface area contributed by atoms with E-state index < -0.39 is 0 Å². The lowest BCUT2D eigenvalue weighted by atomic mass is 10.1. The molecule has 0 bridgehead atoms. The summed E-state index contributed by atoms with van der Waals surface area (Å²) in [6.07, 6.45) is 2.71. The quantitative estimate of drug-likeness (QED) is 0.416. The summed E-state index contributed by atoms with van der Waals surface area (Å²) < 4.78 is 13.9. The Bertz CT molecular complexity index is 524. The van der Waals surface area contributed by atoms with Gasteiger partial charge in [-0.25, -0.2) is 4.39 Å². The summed E-state index contributed by atoms with van der Waals surface area (Å²) in [5.74, 6) is 0.599. The van der Waals surface area contributed by atoms with Crippen LogP contribution in [0.25, 0.3) is 0 Å². The Labute approximate surface area is 159 Å². The summed E-state index contributed by atoms with van der Waals surface area (Å²) in [5, 5.41) is 13.5. The third-order valence-electron chi connectivity index (χ3n) is 4.17. The highest BCUT2D eigenvalue weighted by atomic mass is 127. The van der Waals surface area contributed by atoms with Crippen LogP contribution in [0.4, 0.5) is 4.39 Å². The van der Waals surface area contributed by atoms with Crippen molar-refractivity contribution < 1.29 is 9.50 Å². The predicted octanol–water partition coefficient (Wildman–Crippen LogP) is 3.27. The monoisotopic (exact) mass is 455 g/mol. The zero-order chi connectivity index (χ0) is 16.1. The number of aliphatic imine (C=N–C) groups is 1. The van der Waals surface area contributed by atoms with Crippen LogP contribution in [0.3, 0.4) is 0 Å². The molecule has 0 heterocycles. The van der Waals surface area contributed by atoms with Crippen LogP contribution in [0.15, 0.2) is 23.2 Å². The van der Waals surface area contributed by atoms with E-state index in [1.165, 1.54) is 6.07 Å². The van der Waals surface area contributed by atoms with Gasteiger partial charge in [0.2, 0.25) is 0 Å². The third-order valence-corrected chi connectivity index (χ3v) is 4.53. The smallest absolute Gasteiger partial charge is 0.193 e. The van der Waals surface area contributed by atoms with Gasteiger partial charge in [-0.05, 0) is 25.0 Å². The van der Waals surface area contributed by atoms with Gasteiger partial charge in [0.1, 0.15) is 5.82 Å². The number of aliphatic hydroxyl groups is 1. The van der Waals surface area contributed by atoms with Crippen LogP contribution in [0, 0.1) is 11.7 Å². The average molecular weight is 456 g/mol. The number of benzene rings is 1. The van der Waals surface area contributed by atoms with Gasteiger partial charge in [-0.3, -0.25) is 4.99 Å². The SMILES string of the molecule is CN=C(NCC1CCCC1O)N(C)Cc1c(F)cccc1Cl.I. The molecule has 0 aromatic heterocycles. The standard InChI is InChI=1S/C16H23ClFN3O.HI/c1-19-16(20-9-11-5-3-8-15(11)22)21(2)10-12-13(17)6-4-7-14(12)18;/h4,6-7,11,15,22H,3,5,8-10H2,1-2H3,(H,19,20);1H. The first kappa shape index (κ1) is 20.4. The van der Waals surface area contributed by atoms with Crippen LogP contribution in [0.5, 0.6) is 0 Å². The van der Waals surface area contributed by atoms with Gasteiger partial charge in [-0.15, -0.1) is 24.0 Å². The van der Waals surface area contributed by atoms with Crippen molar-refractivity contribution in [2.24, 2.45) is 10.9 Å². The molecule has 2 rings (SSSR count). The summed E-state index contributed by atoms with van der Waals surface area (Å²) in [7, 11) is 3.52. The van der Waals surface area contributed by atoms with Crippen molar-refractivity contribution in [3.63, 3.8) is 0 Å². The number of hydrogen-bond acceptors (Lipinski definition) is 2. The zero-order valence-electron chi connectivity index (χ0n) is 13.4. The molecule has 0 amide bonds. The Kier molecular flexibility index (Phi) is 8.57. The zero-order valence-corrected chi connectivity index (χ0v) is 16.5. The van der Waals surface area contributed by atoms with Crippen molar-refractivity contribution in [1.82, 2.24) is 10.2 Å². The second-order valence-electron chi connectivity index (χ2n) is 5.74. The van der Waals surface area contributed by atoms with E-state index in [4.69, 9.17) is 11.6 Å². The molecule has 1 aromatic carbocycles. The molecule has 4 nitrogen and oxygen atoms in total. The molecule has 2 N–H and O–H groups in total. The van der Waals surface area contributed by atoms with E-state index in [9.17, 15) is 9.50 Å². The molecule has 1 aromatic rings. The first-order valence-corrected chi connectivity index (χ1v) is 7.93. The maximum Gasteiger partial charge on any atom is 0.193 e. The van der Waals surface area contributed by atoms with E-state index in [1.807, 2.05) is 11.9 Å². The molecule has 1 aliphatic rings. The normalized spacial score (nSPS) is 21.0. The van der Waals surface area contributed by atoms with Crippen molar-refractivity contribution in [1.29, 1.82) is 0 Å². The highest BCUT2D eigenvalue weighted by Crippen LogP contribution is 2.25. The van der Waals surface area contributed by atoms with E-state index in [0.29, 0.717) is 29.6 Å². The summed E-state index contributed by atoms with van der Waals surface area (Å²) >= 11 is 6.06. The maximum atomic E-state index is 13.9. The molecule has 2 atom stereocenters. The topological polar surface area (TPSA) is 47.9 Å². The Morgan fingerprint density at radius 2 is 2.22 bits per heavy atom. The van der Waals surface area contributed by atoms with Crippen LogP contribution < -0.4 is 5.32 Å². The van der Waals surface area contributed by atoms with Gasteiger partial charge in [0, 0.05) is 43.7 Å². The predicted molar refractivity (Wildman–Crippen MR) is 103 cm³/mol. The fourth-order valence-electron chi connectivity index (χ4n) is 2.86. The van der Waals surface area contributed by atoms with Crippen LogP contribution in [-0.4, -0.2) is 42.7 Å². The molecular weight excluding hydrogens is 432 g/mol. The Balaban J connectivity index is 0.00000264. The molecule has 23 heavy (non-hydrogen) atoms. The lowest BCUT2D eigenvalue weighted by Crippen LogP contribution is -2.41. The van der Waals surface area contributed by atoms with E-state index in [2.05, 4.69) is 10.3 Å². The van der Waals surface area contributed by atoms with Crippen LogP contribution in [0.1, 0.15) is 24.8 Å². The molecule has 0 aliphatic heterocycles. The second-order valence-corrected chi connectivity index (χ2v) is 6.15. The molecule has 0 spiro atoms. The first-order chi connectivity index (χ1) is 10.5. The minimum atomic E-state index is -0.319. The molecule has 7 heteroatoms. The summed E-state index contributed by atoms with van der Waals surface area (Å²) in [6.45, 7) is 1.00. The molecule has 0 saturated heterocycles. The van der Waals surface area contributed by atoms with Gasteiger partial charge >= 0.3 is 0 Å². The number of halogens is 3. The van der Waals surface area contributed by atoms with Crippen molar-refractivity contribution in [2.75, 3.05) is 20.6 Å². The molecular formula is C16H24ClFIN3O. The van der Waals surface area contributed by atoms with Crippen molar-refractivity contribution in [3.05, 3.63) is 34.6 Å². The number of nitrogens with zero attached hydrogens (tertiary/aromatic N) is 2. The number of hydrogen-bond donors (Lipinski definition) is 2. The van der Waals surface area contributed by atoms with Gasteiger partial charge in [0.15, 0.2) is 5.96 Å². The van der Waals surface area contributed by atoms with Gasteiger partial charge in [-0.1, -0.05) is 24.1 Å². The molecule has 2 unspecified atom stereocenters. The number of rotatable bonds is 4.